The van der Waals surface area contributed by atoms with Crippen molar-refractivity contribution in [3.8, 4) is 11.5 Å². The zero-order valence-corrected chi connectivity index (χ0v) is 22.4. The summed E-state index contributed by atoms with van der Waals surface area (Å²) in [7, 11) is 3.31. The monoisotopic (exact) mass is 570 g/mol. The van der Waals surface area contributed by atoms with Gasteiger partial charge in [0.1, 0.15) is 0 Å². The van der Waals surface area contributed by atoms with E-state index in [9.17, 15) is 0 Å². The summed E-state index contributed by atoms with van der Waals surface area (Å²) in [5.41, 5.74) is 3.72. The third-order valence-corrected chi connectivity index (χ3v) is 6.17. The second-order valence-corrected chi connectivity index (χ2v) is 8.55. The van der Waals surface area contributed by atoms with Crippen LogP contribution in [0.5, 0.6) is 11.5 Å². The van der Waals surface area contributed by atoms with E-state index in [1.54, 1.807) is 14.2 Å². The number of halogens is 1. The average Bonchev–Trinajstić information content (AvgIpc) is 2.83. The Labute approximate surface area is 213 Å². The number of hydrogen-bond acceptors (Lipinski definition) is 5. The standard InChI is InChI=1S/C24H34N4O2S.HI/c1-4-25-24(26-12-11-19-7-10-22(29-2)23(17-19)30-3)27-18-20-5-8-21(9-6-20)28-13-15-31-16-14-28;/h5-10,17H,4,11-16,18H2,1-3H3,(H2,25,26,27);1H. The van der Waals surface area contributed by atoms with Crippen LogP contribution in [0.1, 0.15) is 18.1 Å². The summed E-state index contributed by atoms with van der Waals surface area (Å²) >= 11 is 2.04. The summed E-state index contributed by atoms with van der Waals surface area (Å²) in [6.45, 7) is 6.62. The normalized spacial score (nSPS) is 13.8. The Hall–Kier alpha value is -1.81. The van der Waals surface area contributed by atoms with E-state index in [0.717, 1.165) is 50.1 Å². The van der Waals surface area contributed by atoms with E-state index < -0.39 is 0 Å². The van der Waals surface area contributed by atoms with Gasteiger partial charge in [-0.05, 0) is 48.7 Å². The first kappa shape index (κ1) is 26.4. The number of ether oxygens (including phenoxy) is 2. The number of thioether (sulfide) groups is 1. The lowest BCUT2D eigenvalue weighted by atomic mass is 10.1. The molecule has 0 radical (unpaired) electrons. The smallest absolute Gasteiger partial charge is 0.191 e. The zero-order valence-electron chi connectivity index (χ0n) is 19.2. The van der Waals surface area contributed by atoms with E-state index in [-0.39, 0.29) is 24.0 Å². The molecule has 0 unspecified atom stereocenters. The van der Waals surface area contributed by atoms with Crippen LogP contribution in [0.25, 0.3) is 0 Å². The number of benzene rings is 2. The average molecular weight is 571 g/mol. The summed E-state index contributed by atoms with van der Waals surface area (Å²) in [5.74, 6) is 4.77. The second kappa shape index (κ2) is 14.4. The van der Waals surface area contributed by atoms with Gasteiger partial charge in [-0.25, -0.2) is 4.99 Å². The van der Waals surface area contributed by atoms with Gasteiger partial charge in [-0.1, -0.05) is 18.2 Å². The van der Waals surface area contributed by atoms with E-state index >= 15 is 0 Å². The molecule has 176 valence electrons. The first-order chi connectivity index (χ1) is 15.2. The Bertz CT molecular complexity index is 842. The highest BCUT2D eigenvalue weighted by molar-refractivity contribution is 14.0. The largest absolute Gasteiger partial charge is 0.493 e. The van der Waals surface area contributed by atoms with E-state index in [1.165, 1.54) is 28.3 Å². The minimum atomic E-state index is 0. The number of rotatable bonds is 9. The molecule has 1 heterocycles. The minimum absolute atomic E-state index is 0. The highest BCUT2D eigenvalue weighted by Gasteiger charge is 2.10. The van der Waals surface area contributed by atoms with Gasteiger partial charge in [0.15, 0.2) is 17.5 Å². The third-order valence-electron chi connectivity index (χ3n) is 5.23. The van der Waals surface area contributed by atoms with Crippen LogP contribution in [0.2, 0.25) is 0 Å². The van der Waals surface area contributed by atoms with Gasteiger partial charge in [-0.3, -0.25) is 0 Å². The SMILES string of the molecule is CCNC(=NCc1ccc(N2CCSCC2)cc1)NCCc1ccc(OC)c(OC)c1.I. The summed E-state index contributed by atoms with van der Waals surface area (Å²) in [4.78, 5) is 7.21. The molecule has 1 fully saturated rings. The van der Waals surface area contributed by atoms with E-state index in [1.807, 2.05) is 23.9 Å². The fraction of sp³-hybridized carbons (Fsp3) is 0.458. The molecule has 1 saturated heterocycles. The molecule has 2 N–H and O–H groups in total. The topological polar surface area (TPSA) is 58.1 Å². The number of methoxy groups -OCH3 is 2. The van der Waals surface area contributed by atoms with Crippen LogP contribution in [0, 0.1) is 0 Å². The number of nitrogens with zero attached hydrogens (tertiary/aromatic N) is 2. The van der Waals surface area contributed by atoms with Crippen molar-refractivity contribution < 1.29 is 9.47 Å². The molecule has 0 amide bonds. The van der Waals surface area contributed by atoms with Crippen molar-refractivity contribution in [1.82, 2.24) is 10.6 Å². The van der Waals surface area contributed by atoms with Crippen LogP contribution in [0.4, 0.5) is 5.69 Å². The molecule has 1 aliphatic heterocycles. The third kappa shape index (κ3) is 7.95. The molecule has 8 heteroatoms. The number of anilines is 1. The van der Waals surface area contributed by atoms with Crippen molar-refractivity contribution >= 4 is 47.4 Å². The van der Waals surface area contributed by atoms with Gasteiger partial charge in [0, 0.05) is 43.4 Å². The highest BCUT2D eigenvalue weighted by Crippen LogP contribution is 2.27. The van der Waals surface area contributed by atoms with Crippen LogP contribution in [-0.2, 0) is 13.0 Å². The van der Waals surface area contributed by atoms with Crippen LogP contribution in [-0.4, -0.2) is 57.9 Å². The molecule has 0 aromatic heterocycles. The van der Waals surface area contributed by atoms with Crippen molar-refractivity contribution in [2.45, 2.75) is 19.9 Å². The Morgan fingerprint density at radius 1 is 0.969 bits per heavy atom. The fourth-order valence-electron chi connectivity index (χ4n) is 3.51. The van der Waals surface area contributed by atoms with Crippen LogP contribution in [0.3, 0.4) is 0 Å². The van der Waals surface area contributed by atoms with Gasteiger partial charge in [0.25, 0.3) is 0 Å². The van der Waals surface area contributed by atoms with Gasteiger partial charge >= 0.3 is 0 Å². The van der Waals surface area contributed by atoms with Gasteiger partial charge in [0.2, 0.25) is 0 Å². The molecule has 0 spiro atoms. The molecule has 0 saturated carbocycles. The second-order valence-electron chi connectivity index (χ2n) is 7.33. The predicted octanol–water partition coefficient (Wildman–Crippen LogP) is 4.17. The minimum Gasteiger partial charge on any atom is -0.493 e. The summed E-state index contributed by atoms with van der Waals surface area (Å²) < 4.78 is 10.7. The molecule has 6 nitrogen and oxygen atoms in total. The molecule has 0 bridgehead atoms. The summed E-state index contributed by atoms with van der Waals surface area (Å²) in [5, 5.41) is 6.75. The molecular formula is C24H35IN4O2S. The van der Waals surface area contributed by atoms with E-state index in [2.05, 4.69) is 52.8 Å². The lowest BCUT2D eigenvalue weighted by molar-refractivity contribution is 0.354. The van der Waals surface area contributed by atoms with Crippen LogP contribution in [0.15, 0.2) is 47.5 Å². The van der Waals surface area contributed by atoms with Gasteiger partial charge < -0.3 is 25.0 Å². The van der Waals surface area contributed by atoms with Gasteiger partial charge in [0.05, 0.1) is 20.8 Å². The first-order valence-corrected chi connectivity index (χ1v) is 12.0. The van der Waals surface area contributed by atoms with Gasteiger partial charge in [-0.15, -0.1) is 24.0 Å². The predicted molar refractivity (Wildman–Crippen MR) is 147 cm³/mol. The highest BCUT2D eigenvalue weighted by atomic mass is 127. The molecular weight excluding hydrogens is 535 g/mol. The first-order valence-electron chi connectivity index (χ1n) is 10.9. The molecule has 2 aromatic carbocycles. The molecule has 0 aliphatic carbocycles. The van der Waals surface area contributed by atoms with E-state index in [4.69, 9.17) is 14.5 Å². The van der Waals surface area contributed by atoms with Crippen LogP contribution < -0.4 is 25.0 Å². The van der Waals surface area contributed by atoms with E-state index in [0.29, 0.717) is 6.54 Å². The molecule has 1 aliphatic rings. The molecule has 3 rings (SSSR count). The van der Waals surface area contributed by atoms with Crippen molar-refractivity contribution in [3.63, 3.8) is 0 Å². The molecule has 2 aromatic rings. The lowest BCUT2D eigenvalue weighted by Crippen LogP contribution is -2.38. The number of nitrogens with one attached hydrogen (secondary N) is 2. The van der Waals surface area contributed by atoms with Crippen molar-refractivity contribution in [3.05, 3.63) is 53.6 Å². The Kier molecular flexibility index (Phi) is 11.9. The quantitative estimate of drug-likeness (QED) is 0.268. The van der Waals surface area contributed by atoms with Crippen LogP contribution >= 0.6 is 35.7 Å². The van der Waals surface area contributed by atoms with Gasteiger partial charge in [-0.2, -0.15) is 11.8 Å². The Morgan fingerprint density at radius 3 is 2.31 bits per heavy atom. The fourth-order valence-corrected chi connectivity index (χ4v) is 4.41. The summed E-state index contributed by atoms with van der Waals surface area (Å²) in [6.07, 6.45) is 0.869. The lowest BCUT2D eigenvalue weighted by Gasteiger charge is -2.28. The number of hydrogen-bond donors (Lipinski definition) is 2. The van der Waals surface area contributed by atoms with Crippen molar-refractivity contribution in [2.24, 2.45) is 4.99 Å². The van der Waals surface area contributed by atoms with Crippen molar-refractivity contribution in [2.75, 3.05) is 56.8 Å². The maximum Gasteiger partial charge on any atom is 0.191 e. The summed E-state index contributed by atoms with van der Waals surface area (Å²) in [6, 6.07) is 14.8. The number of guanidine groups is 1. The number of aliphatic imine (C=N–C) groups is 1. The Balaban J connectivity index is 0.00000363. The zero-order chi connectivity index (χ0) is 21.9. The maximum atomic E-state index is 5.39. The molecule has 32 heavy (non-hydrogen) atoms. The van der Waals surface area contributed by atoms with Crippen molar-refractivity contribution in [1.29, 1.82) is 0 Å². The molecule has 0 atom stereocenters. The maximum absolute atomic E-state index is 5.39. The Morgan fingerprint density at radius 2 is 1.66 bits per heavy atom.